The van der Waals surface area contributed by atoms with Gasteiger partial charge in [-0.25, -0.2) is 0 Å². The zero-order chi connectivity index (χ0) is 14.4. The van der Waals surface area contributed by atoms with Crippen molar-refractivity contribution in [3.05, 3.63) is 59.2 Å². The number of methoxy groups -OCH3 is 1. The van der Waals surface area contributed by atoms with E-state index in [4.69, 9.17) is 15.2 Å². The monoisotopic (exact) mass is 271 g/mol. The van der Waals surface area contributed by atoms with Crippen LogP contribution in [0.15, 0.2) is 42.5 Å². The number of aryl methyl sites for hydroxylation is 1. The van der Waals surface area contributed by atoms with Crippen LogP contribution in [0, 0.1) is 6.92 Å². The van der Waals surface area contributed by atoms with Crippen molar-refractivity contribution in [1.82, 2.24) is 0 Å². The van der Waals surface area contributed by atoms with E-state index in [1.54, 1.807) is 7.11 Å². The molecule has 0 unspecified atom stereocenters. The summed E-state index contributed by atoms with van der Waals surface area (Å²) in [6.45, 7) is 3.20. The summed E-state index contributed by atoms with van der Waals surface area (Å²) in [5, 5.41) is 0. The lowest BCUT2D eigenvalue weighted by Gasteiger charge is -2.13. The van der Waals surface area contributed by atoms with Crippen LogP contribution in [0.4, 0.5) is 0 Å². The standard InChI is InChI=1S/C17H21NO2/c1-13-7-8-16(17(11-13)19-2)20-12-15-6-4-3-5-14(15)9-10-18/h3-8,11H,9-10,12,18H2,1-2H3. The van der Waals surface area contributed by atoms with Gasteiger partial charge in [0.25, 0.3) is 0 Å². The third-order valence-electron chi connectivity index (χ3n) is 3.23. The molecule has 2 aromatic rings. The Balaban J connectivity index is 2.13. The third-order valence-corrected chi connectivity index (χ3v) is 3.23. The first-order valence-corrected chi connectivity index (χ1v) is 6.79. The summed E-state index contributed by atoms with van der Waals surface area (Å²) in [6, 6.07) is 14.2. The van der Waals surface area contributed by atoms with Crippen molar-refractivity contribution in [2.75, 3.05) is 13.7 Å². The number of hydrogen-bond acceptors (Lipinski definition) is 3. The SMILES string of the molecule is COc1cc(C)ccc1OCc1ccccc1CCN. The van der Waals surface area contributed by atoms with Crippen LogP contribution in [0.5, 0.6) is 11.5 Å². The van der Waals surface area contributed by atoms with Crippen LogP contribution < -0.4 is 15.2 Å². The van der Waals surface area contributed by atoms with Gasteiger partial charge in [-0.15, -0.1) is 0 Å². The Hall–Kier alpha value is -2.00. The zero-order valence-corrected chi connectivity index (χ0v) is 12.1. The molecule has 0 aromatic heterocycles. The molecule has 0 heterocycles. The summed E-state index contributed by atoms with van der Waals surface area (Å²) in [5.74, 6) is 1.53. The maximum atomic E-state index is 5.89. The fourth-order valence-electron chi connectivity index (χ4n) is 2.15. The fourth-order valence-corrected chi connectivity index (χ4v) is 2.15. The molecule has 0 saturated heterocycles. The summed E-state index contributed by atoms with van der Waals surface area (Å²) in [5.41, 5.74) is 9.19. The van der Waals surface area contributed by atoms with E-state index in [9.17, 15) is 0 Å². The molecule has 2 rings (SSSR count). The van der Waals surface area contributed by atoms with E-state index in [-0.39, 0.29) is 0 Å². The zero-order valence-electron chi connectivity index (χ0n) is 12.1. The minimum absolute atomic E-state index is 0.523. The van der Waals surface area contributed by atoms with E-state index in [1.807, 2.05) is 37.3 Å². The Morgan fingerprint density at radius 3 is 2.45 bits per heavy atom. The number of ether oxygens (including phenoxy) is 2. The predicted molar refractivity (Wildman–Crippen MR) is 81.3 cm³/mol. The second kappa shape index (κ2) is 6.96. The van der Waals surface area contributed by atoms with E-state index in [0.717, 1.165) is 23.5 Å². The molecule has 106 valence electrons. The average molecular weight is 271 g/mol. The normalized spacial score (nSPS) is 10.3. The van der Waals surface area contributed by atoms with Gasteiger partial charge in [0.2, 0.25) is 0 Å². The first-order valence-electron chi connectivity index (χ1n) is 6.79. The van der Waals surface area contributed by atoms with Crippen LogP contribution in [0.25, 0.3) is 0 Å². The third kappa shape index (κ3) is 3.52. The number of nitrogens with two attached hydrogens (primary N) is 1. The van der Waals surface area contributed by atoms with Gasteiger partial charge in [-0.3, -0.25) is 0 Å². The minimum atomic E-state index is 0.523. The molecule has 0 bridgehead atoms. The minimum Gasteiger partial charge on any atom is -0.493 e. The van der Waals surface area contributed by atoms with Gasteiger partial charge in [-0.1, -0.05) is 30.3 Å². The highest BCUT2D eigenvalue weighted by molar-refractivity contribution is 5.42. The summed E-state index contributed by atoms with van der Waals surface area (Å²) in [7, 11) is 1.66. The molecule has 0 aliphatic carbocycles. The molecule has 0 fully saturated rings. The maximum Gasteiger partial charge on any atom is 0.161 e. The summed E-state index contributed by atoms with van der Waals surface area (Å²) in [6.07, 6.45) is 0.866. The van der Waals surface area contributed by atoms with Crippen molar-refractivity contribution in [2.45, 2.75) is 20.0 Å². The van der Waals surface area contributed by atoms with E-state index < -0.39 is 0 Å². The first-order chi connectivity index (χ1) is 9.74. The van der Waals surface area contributed by atoms with Gasteiger partial charge in [0.15, 0.2) is 11.5 Å². The molecule has 0 aliphatic heterocycles. The van der Waals surface area contributed by atoms with Crippen LogP contribution in [-0.4, -0.2) is 13.7 Å². The van der Waals surface area contributed by atoms with Crippen LogP contribution >= 0.6 is 0 Å². The van der Waals surface area contributed by atoms with E-state index in [2.05, 4.69) is 12.1 Å². The lowest BCUT2D eigenvalue weighted by molar-refractivity contribution is 0.283. The van der Waals surface area contributed by atoms with Gasteiger partial charge in [0, 0.05) is 0 Å². The molecule has 0 atom stereocenters. The Morgan fingerprint density at radius 1 is 1.00 bits per heavy atom. The molecular weight excluding hydrogens is 250 g/mol. The topological polar surface area (TPSA) is 44.5 Å². The first kappa shape index (κ1) is 14.4. The largest absolute Gasteiger partial charge is 0.493 e. The van der Waals surface area contributed by atoms with E-state index >= 15 is 0 Å². The van der Waals surface area contributed by atoms with Gasteiger partial charge in [0.1, 0.15) is 6.61 Å². The molecule has 3 nitrogen and oxygen atoms in total. The van der Waals surface area contributed by atoms with Crippen LogP contribution in [0.1, 0.15) is 16.7 Å². The Kier molecular flexibility index (Phi) is 5.02. The lowest BCUT2D eigenvalue weighted by atomic mass is 10.1. The van der Waals surface area contributed by atoms with Crippen molar-refractivity contribution in [3.8, 4) is 11.5 Å². The van der Waals surface area contributed by atoms with Crippen molar-refractivity contribution in [1.29, 1.82) is 0 Å². The Morgan fingerprint density at radius 2 is 1.75 bits per heavy atom. The second-order valence-electron chi connectivity index (χ2n) is 4.75. The number of hydrogen-bond donors (Lipinski definition) is 1. The molecule has 0 radical (unpaired) electrons. The van der Waals surface area contributed by atoms with E-state index in [0.29, 0.717) is 13.2 Å². The summed E-state index contributed by atoms with van der Waals surface area (Å²) in [4.78, 5) is 0. The summed E-state index contributed by atoms with van der Waals surface area (Å²) < 4.78 is 11.2. The molecular formula is C17H21NO2. The van der Waals surface area contributed by atoms with Gasteiger partial charge in [-0.05, 0) is 48.7 Å². The number of benzene rings is 2. The Bertz CT molecular complexity index is 567. The van der Waals surface area contributed by atoms with Gasteiger partial charge >= 0.3 is 0 Å². The molecule has 3 heteroatoms. The molecule has 2 N–H and O–H groups in total. The van der Waals surface area contributed by atoms with Crippen molar-refractivity contribution in [3.63, 3.8) is 0 Å². The molecule has 2 aromatic carbocycles. The maximum absolute atomic E-state index is 5.89. The molecule has 20 heavy (non-hydrogen) atoms. The molecule has 0 spiro atoms. The molecule has 0 aliphatic rings. The van der Waals surface area contributed by atoms with Crippen molar-refractivity contribution in [2.24, 2.45) is 5.73 Å². The van der Waals surface area contributed by atoms with Gasteiger partial charge in [0.05, 0.1) is 7.11 Å². The van der Waals surface area contributed by atoms with Crippen molar-refractivity contribution >= 4 is 0 Å². The average Bonchev–Trinajstić information content (AvgIpc) is 2.47. The smallest absolute Gasteiger partial charge is 0.161 e. The van der Waals surface area contributed by atoms with Crippen LogP contribution in [0.3, 0.4) is 0 Å². The van der Waals surface area contributed by atoms with Gasteiger partial charge < -0.3 is 15.2 Å². The van der Waals surface area contributed by atoms with Gasteiger partial charge in [-0.2, -0.15) is 0 Å². The highest BCUT2D eigenvalue weighted by atomic mass is 16.5. The van der Waals surface area contributed by atoms with E-state index in [1.165, 1.54) is 11.1 Å². The highest BCUT2D eigenvalue weighted by Gasteiger charge is 2.06. The van der Waals surface area contributed by atoms with Crippen LogP contribution in [0.2, 0.25) is 0 Å². The number of rotatable bonds is 6. The second-order valence-corrected chi connectivity index (χ2v) is 4.75. The Labute approximate surface area is 120 Å². The van der Waals surface area contributed by atoms with Crippen LogP contribution in [-0.2, 0) is 13.0 Å². The predicted octanol–water partition coefficient (Wildman–Crippen LogP) is 3.08. The lowest BCUT2D eigenvalue weighted by Crippen LogP contribution is -2.07. The molecule has 0 amide bonds. The quantitative estimate of drug-likeness (QED) is 0.878. The highest BCUT2D eigenvalue weighted by Crippen LogP contribution is 2.28. The van der Waals surface area contributed by atoms with Crippen molar-refractivity contribution < 1.29 is 9.47 Å². The summed E-state index contributed by atoms with van der Waals surface area (Å²) >= 11 is 0. The fraction of sp³-hybridized carbons (Fsp3) is 0.294. The molecule has 0 saturated carbocycles.